The van der Waals surface area contributed by atoms with E-state index in [2.05, 4.69) is 4.99 Å². The molecular weight excluding hydrogens is 498 g/mol. The van der Waals surface area contributed by atoms with E-state index in [-0.39, 0.29) is 4.90 Å². The van der Waals surface area contributed by atoms with Gasteiger partial charge in [0.05, 0.1) is 23.8 Å². The molecule has 10 heteroatoms. The summed E-state index contributed by atoms with van der Waals surface area (Å²) >= 11 is 1.37. The number of methoxy groups -OCH3 is 2. The zero-order valence-electron chi connectivity index (χ0n) is 21.6. The van der Waals surface area contributed by atoms with Crippen LogP contribution in [0.3, 0.4) is 0 Å². The van der Waals surface area contributed by atoms with Crippen LogP contribution in [0.25, 0.3) is 10.2 Å². The van der Waals surface area contributed by atoms with Crippen molar-refractivity contribution in [3.63, 3.8) is 0 Å². The Labute approximate surface area is 217 Å². The third-order valence-electron chi connectivity index (χ3n) is 5.95. The van der Waals surface area contributed by atoms with Crippen molar-refractivity contribution in [3.05, 3.63) is 46.8 Å². The second kappa shape index (κ2) is 12.5. The number of unbranched alkanes of at least 4 members (excludes halogenated alkanes) is 2. The first-order valence-electron chi connectivity index (χ1n) is 12.2. The number of hydrogen-bond acceptors (Lipinski definition) is 6. The molecule has 2 aromatic carbocycles. The zero-order chi connectivity index (χ0) is 26.3. The van der Waals surface area contributed by atoms with Crippen molar-refractivity contribution in [2.24, 2.45) is 4.99 Å². The minimum atomic E-state index is -3.63. The Balaban J connectivity index is 1.95. The average Bonchev–Trinajstić information content (AvgIpc) is 3.24. The molecule has 0 atom stereocenters. The summed E-state index contributed by atoms with van der Waals surface area (Å²) in [7, 11) is -0.442. The smallest absolute Gasteiger partial charge is 0.279 e. The molecule has 0 aliphatic carbocycles. The first kappa shape index (κ1) is 27.9. The molecule has 0 bridgehead atoms. The normalized spacial score (nSPS) is 12.4. The van der Waals surface area contributed by atoms with Crippen molar-refractivity contribution in [1.82, 2.24) is 8.87 Å². The molecule has 0 unspecified atom stereocenters. The van der Waals surface area contributed by atoms with Crippen LogP contribution in [0, 0.1) is 0 Å². The molecule has 36 heavy (non-hydrogen) atoms. The Morgan fingerprint density at radius 3 is 2.17 bits per heavy atom. The molecule has 8 nitrogen and oxygen atoms in total. The highest BCUT2D eigenvalue weighted by molar-refractivity contribution is 7.89. The molecular formula is C26H35N3O5S2. The van der Waals surface area contributed by atoms with Gasteiger partial charge in [0, 0.05) is 31.3 Å². The topological polar surface area (TPSA) is 90.2 Å². The van der Waals surface area contributed by atoms with Gasteiger partial charge in [-0.25, -0.2) is 8.42 Å². The van der Waals surface area contributed by atoms with Crippen molar-refractivity contribution < 1.29 is 22.7 Å². The van der Waals surface area contributed by atoms with E-state index in [1.54, 1.807) is 24.6 Å². The molecule has 1 aromatic heterocycles. The van der Waals surface area contributed by atoms with E-state index >= 15 is 0 Å². The minimum absolute atomic E-state index is 0.188. The van der Waals surface area contributed by atoms with E-state index in [0.717, 1.165) is 35.9 Å². The Morgan fingerprint density at radius 2 is 1.64 bits per heavy atom. The third-order valence-corrected chi connectivity index (χ3v) is 8.88. The molecule has 0 saturated carbocycles. The van der Waals surface area contributed by atoms with Crippen LogP contribution in [0.5, 0.6) is 11.5 Å². The number of hydrogen-bond donors (Lipinski definition) is 0. The van der Waals surface area contributed by atoms with E-state index in [1.165, 1.54) is 35.6 Å². The second-order valence-electron chi connectivity index (χ2n) is 8.36. The SMILES string of the molecule is CCCCN(CCCC)S(=O)(=O)c1ccc(C(=O)N=c2sc3cc(OC)cc(OC)c3n2CC)cc1. The van der Waals surface area contributed by atoms with Crippen molar-refractivity contribution in [2.45, 2.75) is 57.9 Å². The molecule has 0 aliphatic rings. The van der Waals surface area contributed by atoms with Crippen LogP contribution in [0.2, 0.25) is 0 Å². The molecule has 1 heterocycles. The Morgan fingerprint density at radius 1 is 1.00 bits per heavy atom. The van der Waals surface area contributed by atoms with E-state index < -0.39 is 15.9 Å². The van der Waals surface area contributed by atoms with Crippen molar-refractivity contribution in [3.8, 4) is 11.5 Å². The Kier molecular flexibility index (Phi) is 9.69. The molecule has 0 fully saturated rings. The van der Waals surface area contributed by atoms with Gasteiger partial charge in [-0.15, -0.1) is 0 Å². The van der Waals surface area contributed by atoms with Crippen LogP contribution in [-0.2, 0) is 16.6 Å². The number of thiazole rings is 1. The maximum Gasteiger partial charge on any atom is 0.279 e. The van der Waals surface area contributed by atoms with Crippen molar-refractivity contribution in [1.29, 1.82) is 0 Å². The highest BCUT2D eigenvalue weighted by Crippen LogP contribution is 2.32. The maximum absolute atomic E-state index is 13.2. The van der Waals surface area contributed by atoms with Gasteiger partial charge in [0.15, 0.2) is 4.80 Å². The summed E-state index contributed by atoms with van der Waals surface area (Å²) in [5.74, 6) is 0.861. The molecule has 0 saturated heterocycles. The third kappa shape index (κ3) is 5.99. The lowest BCUT2D eigenvalue weighted by molar-refractivity contribution is 0.0997. The predicted molar refractivity (Wildman–Crippen MR) is 144 cm³/mol. The number of rotatable bonds is 12. The first-order valence-corrected chi connectivity index (χ1v) is 14.5. The summed E-state index contributed by atoms with van der Waals surface area (Å²) in [6, 6.07) is 9.75. The van der Waals surface area contributed by atoms with Gasteiger partial charge in [0.2, 0.25) is 10.0 Å². The largest absolute Gasteiger partial charge is 0.497 e. The zero-order valence-corrected chi connectivity index (χ0v) is 23.2. The van der Waals surface area contributed by atoms with Crippen molar-refractivity contribution in [2.75, 3.05) is 27.3 Å². The average molecular weight is 534 g/mol. The fourth-order valence-electron chi connectivity index (χ4n) is 3.89. The lowest BCUT2D eigenvalue weighted by atomic mass is 10.2. The van der Waals surface area contributed by atoms with Crippen LogP contribution >= 0.6 is 11.3 Å². The summed E-state index contributed by atoms with van der Waals surface area (Å²) in [4.78, 5) is 18.1. The number of sulfonamides is 1. The monoisotopic (exact) mass is 533 g/mol. The first-order chi connectivity index (χ1) is 17.3. The number of aromatic nitrogens is 1. The number of aryl methyl sites for hydroxylation is 1. The highest BCUT2D eigenvalue weighted by atomic mass is 32.2. The Hall–Kier alpha value is -2.69. The van der Waals surface area contributed by atoms with Crippen LogP contribution in [0.15, 0.2) is 46.3 Å². The van der Waals surface area contributed by atoms with E-state index in [9.17, 15) is 13.2 Å². The maximum atomic E-state index is 13.2. The quantitative estimate of drug-likeness (QED) is 0.324. The number of nitrogens with zero attached hydrogens (tertiary/aromatic N) is 3. The molecule has 3 aromatic rings. The molecule has 0 aliphatic heterocycles. The highest BCUT2D eigenvalue weighted by Gasteiger charge is 2.24. The summed E-state index contributed by atoms with van der Waals surface area (Å²) < 4.78 is 41.7. The predicted octanol–water partition coefficient (Wildman–Crippen LogP) is 5.07. The minimum Gasteiger partial charge on any atom is -0.497 e. The van der Waals surface area contributed by atoms with Gasteiger partial charge >= 0.3 is 0 Å². The second-order valence-corrected chi connectivity index (χ2v) is 11.3. The van der Waals surface area contributed by atoms with Crippen LogP contribution in [-0.4, -0.2) is 50.5 Å². The molecule has 3 rings (SSSR count). The van der Waals surface area contributed by atoms with Gasteiger partial charge in [-0.2, -0.15) is 9.30 Å². The fraction of sp³-hybridized carbons (Fsp3) is 0.462. The number of amides is 1. The summed E-state index contributed by atoms with van der Waals surface area (Å²) in [6.45, 7) is 7.64. The number of ether oxygens (including phenoxy) is 2. The van der Waals surface area contributed by atoms with Gasteiger partial charge in [-0.1, -0.05) is 38.0 Å². The fourth-order valence-corrected chi connectivity index (χ4v) is 6.55. The molecule has 0 radical (unpaired) electrons. The molecule has 196 valence electrons. The Bertz CT molecular complexity index is 1350. The van der Waals surface area contributed by atoms with Gasteiger partial charge < -0.3 is 14.0 Å². The summed E-state index contributed by atoms with van der Waals surface area (Å²) in [6.07, 6.45) is 3.45. The standard InChI is InChI=1S/C26H35N3O5S2/c1-6-9-15-28(16-10-7-2)36(31,32)21-13-11-19(12-14-21)25(30)27-26-29(8-3)24-22(34-5)17-20(33-4)18-23(24)35-26/h11-14,17-18H,6-10,15-16H2,1-5H3. The lowest BCUT2D eigenvalue weighted by Gasteiger charge is -2.22. The van der Waals surface area contributed by atoms with Crippen molar-refractivity contribution >= 4 is 37.5 Å². The van der Waals surface area contributed by atoms with Crippen LogP contribution in [0.4, 0.5) is 0 Å². The molecule has 0 spiro atoms. The number of benzene rings is 2. The van der Waals surface area contributed by atoms with Gasteiger partial charge in [0.1, 0.15) is 17.0 Å². The van der Waals surface area contributed by atoms with Gasteiger partial charge in [-0.3, -0.25) is 4.79 Å². The number of carbonyl (C=O) groups is 1. The van der Waals surface area contributed by atoms with Gasteiger partial charge in [-0.05, 0) is 50.1 Å². The number of carbonyl (C=O) groups excluding carboxylic acids is 1. The summed E-state index contributed by atoms with van der Waals surface area (Å²) in [5, 5.41) is 0. The molecule has 1 amide bonds. The van der Waals surface area contributed by atoms with E-state index in [1.807, 2.05) is 31.4 Å². The number of fused-ring (bicyclic) bond motifs is 1. The van der Waals surface area contributed by atoms with E-state index in [0.29, 0.717) is 41.5 Å². The van der Waals surface area contributed by atoms with Crippen LogP contribution < -0.4 is 14.3 Å². The van der Waals surface area contributed by atoms with E-state index in [4.69, 9.17) is 9.47 Å². The summed E-state index contributed by atoms with van der Waals surface area (Å²) in [5.41, 5.74) is 1.17. The van der Waals surface area contributed by atoms with Crippen LogP contribution in [0.1, 0.15) is 56.8 Å². The molecule has 0 N–H and O–H groups in total. The lowest BCUT2D eigenvalue weighted by Crippen LogP contribution is -2.33. The van der Waals surface area contributed by atoms with Gasteiger partial charge in [0.25, 0.3) is 5.91 Å².